The first kappa shape index (κ1) is 10.1. The van der Waals surface area contributed by atoms with Gasteiger partial charge in [0.15, 0.2) is 0 Å². The Morgan fingerprint density at radius 1 is 1.31 bits per heavy atom. The van der Waals surface area contributed by atoms with Crippen molar-refractivity contribution in [2.75, 3.05) is 5.73 Å². The van der Waals surface area contributed by atoms with Gasteiger partial charge in [-0.25, -0.2) is 0 Å². The van der Waals surface area contributed by atoms with Crippen molar-refractivity contribution >= 4 is 5.82 Å². The number of aromatic amines is 1. The molecule has 0 saturated heterocycles. The smallest absolute Gasteiger partial charge is 0.119 e. The molecular formula is C12H11N3O. The summed E-state index contributed by atoms with van der Waals surface area (Å²) in [6, 6.07) is 8.79. The maximum absolute atomic E-state index is 9.19. The fourth-order valence-electron chi connectivity index (χ4n) is 1.68. The van der Waals surface area contributed by atoms with Crippen molar-refractivity contribution < 1.29 is 5.11 Å². The average molecular weight is 213 g/mol. The second kappa shape index (κ2) is 3.63. The van der Waals surface area contributed by atoms with Gasteiger partial charge in [-0.2, -0.15) is 5.26 Å². The number of nitriles is 1. The number of nitrogens with one attached hydrogen (secondary N) is 1. The Balaban J connectivity index is 2.58. The summed E-state index contributed by atoms with van der Waals surface area (Å²) < 4.78 is 0. The molecule has 2 rings (SSSR count). The summed E-state index contributed by atoms with van der Waals surface area (Å²) in [7, 11) is 0. The molecule has 4 nitrogen and oxygen atoms in total. The summed E-state index contributed by atoms with van der Waals surface area (Å²) in [5.41, 5.74) is 8.70. The third-order valence-corrected chi connectivity index (χ3v) is 2.55. The van der Waals surface area contributed by atoms with E-state index in [1.54, 1.807) is 24.3 Å². The van der Waals surface area contributed by atoms with E-state index < -0.39 is 0 Å². The number of rotatable bonds is 1. The van der Waals surface area contributed by atoms with Crippen molar-refractivity contribution in [3.63, 3.8) is 0 Å². The first-order valence-electron chi connectivity index (χ1n) is 4.81. The molecule has 0 aliphatic carbocycles. The second-order valence-electron chi connectivity index (χ2n) is 3.57. The minimum absolute atomic E-state index is 0.210. The molecule has 0 amide bonds. The summed E-state index contributed by atoms with van der Waals surface area (Å²) in [4.78, 5) is 2.97. The highest BCUT2D eigenvalue weighted by Gasteiger charge is 2.12. The molecule has 1 aromatic heterocycles. The number of phenolic OH excluding ortho intramolecular Hbond substituents is 1. The monoisotopic (exact) mass is 213 g/mol. The standard InChI is InChI=1S/C12H11N3O/c1-7-10(6-13)12(14)15-11(7)8-2-4-9(16)5-3-8/h2-5,15-16H,14H2,1H3. The molecule has 80 valence electrons. The normalized spacial score (nSPS) is 10.0. The van der Waals surface area contributed by atoms with Crippen LogP contribution in [-0.2, 0) is 0 Å². The number of aromatic nitrogens is 1. The SMILES string of the molecule is Cc1c(-c2ccc(O)cc2)[nH]c(N)c1C#N. The molecule has 0 atom stereocenters. The van der Waals surface area contributed by atoms with Crippen molar-refractivity contribution in [2.24, 2.45) is 0 Å². The molecule has 0 fully saturated rings. The van der Waals surface area contributed by atoms with Gasteiger partial charge in [0, 0.05) is 0 Å². The van der Waals surface area contributed by atoms with Crippen LogP contribution in [0.1, 0.15) is 11.1 Å². The Morgan fingerprint density at radius 3 is 2.44 bits per heavy atom. The highest BCUT2D eigenvalue weighted by atomic mass is 16.3. The van der Waals surface area contributed by atoms with Gasteiger partial charge < -0.3 is 15.8 Å². The molecule has 2 aromatic rings. The molecule has 0 saturated carbocycles. The minimum Gasteiger partial charge on any atom is -0.508 e. The van der Waals surface area contributed by atoms with Crippen molar-refractivity contribution in [1.29, 1.82) is 5.26 Å². The highest BCUT2D eigenvalue weighted by molar-refractivity contribution is 5.72. The van der Waals surface area contributed by atoms with Gasteiger partial charge in [-0.05, 0) is 42.3 Å². The van der Waals surface area contributed by atoms with E-state index >= 15 is 0 Å². The van der Waals surface area contributed by atoms with Crippen LogP contribution in [0.5, 0.6) is 5.75 Å². The summed E-state index contributed by atoms with van der Waals surface area (Å²) in [6.07, 6.45) is 0. The largest absolute Gasteiger partial charge is 0.508 e. The molecule has 0 bridgehead atoms. The number of nitrogens with zero attached hydrogens (tertiary/aromatic N) is 1. The zero-order valence-electron chi connectivity index (χ0n) is 8.78. The van der Waals surface area contributed by atoms with Crippen LogP contribution in [0.25, 0.3) is 11.3 Å². The van der Waals surface area contributed by atoms with Crippen LogP contribution in [0.15, 0.2) is 24.3 Å². The number of phenols is 1. The van der Waals surface area contributed by atoms with E-state index in [1.165, 1.54) is 0 Å². The predicted octanol–water partition coefficient (Wildman–Crippen LogP) is 2.15. The van der Waals surface area contributed by atoms with E-state index in [4.69, 9.17) is 11.0 Å². The lowest BCUT2D eigenvalue weighted by molar-refractivity contribution is 0.475. The number of H-pyrrole nitrogens is 1. The molecule has 0 radical (unpaired) electrons. The van der Waals surface area contributed by atoms with E-state index in [0.717, 1.165) is 16.8 Å². The molecule has 4 heteroatoms. The Morgan fingerprint density at radius 2 is 1.94 bits per heavy atom. The fourth-order valence-corrected chi connectivity index (χ4v) is 1.68. The number of benzene rings is 1. The summed E-state index contributed by atoms with van der Waals surface area (Å²) in [5.74, 6) is 0.588. The number of aromatic hydroxyl groups is 1. The quantitative estimate of drug-likeness (QED) is 0.678. The molecule has 0 spiro atoms. The Bertz CT molecular complexity index is 561. The second-order valence-corrected chi connectivity index (χ2v) is 3.57. The van der Waals surface area contributed by atoms with Gasteiger partial charge >= 0.3 is 0 Å². The van der Waals surface area contributed by atoms with Gasteiger partial charge in [-0.3, -0.25) is 0 Å². The summed E-state index contributed by atoms with van der Waals surface area (Å²) >= 11 is 0. The van der Waals surface area contributed by atoms with Crippen molar-refractivity contribution in [3.05, 3.63) is 35.4 Å². The Kier molecular flexibility index (Phi) is 2.29. The molecule has 0 aliphatic heterocycles. The topological polar surface area (TPSA) is 85.8 Å². The Hall–Kier alpha value is -2.41. The highest BCUT2D eigenvalue weighted by Crippen LogP contribution is 2.29. The lowest BCUT2D eigenvalue weighted by Crippen LogP contribution is -1.86. The van der Waals surface area contributed by atoms with E-state index in [0.29, 0.717) is 11.4 Å². The number of hydrogen-bond donors (Lipinski definition) is 3. The van der Waals surface area contributed by atoms with Crippen LogP contribution >= 0.6 is 0 Å². The third-order valence-electron chi connectivity index (χ3n) is 2.55. The molecule has 4 N–H and O–H groups in total. The maximum Gasteiger partial charge on any atom is 0.119 e. The first-order chi connectivity index (χ1) is 7.63. The van der Waals surface area contributed by atoms with Crippen LogP contribution in [0.2, 0.25) is 0 Å². The van der Waals surface area contributed by atoms with Gasteiger partial charge in [0.25, 0.3) is 0 Å². The van der Waals surface area contributed by atoms with Gasteiger partial charge in [0.2, 0.25) is 0 Å². The van der Waals surface area contributed by atoms with Crippen LogP contribution in [-0.4, -0.2) is 10.1 Å². The van der Waals surface area contributed by atoms with Crippen LogP contribution in [0.4, 0.5) is 5.82 Å². The zero-order valence-corrected chi connectivity index (χ0v) is 8.78. The maximum atomic E-state index is 9.19. The van der Waals surface area contributed by atoms with Gasteiger partial charge in [-0.1, -0.05) is 0 Å². The number of hydrogen-bond acceptors (Lipinski definition) is 3. The number of nitrogen functional groups attached to an aromatic ring is 1. The van der Waals surface area contributed by atoms with E-state index in [9.17, 15) is 5.11 Å². The molecule has 0 unspecified atom stereocenters. The average Bonchev–Trinajstić information content (AvgIpc) is 2.55. The van der Waals surface area contributed by atoms with Gasteiger partial charge in [0.1, 0.15) is 17.6 Å². The van der Waals surface area contributed by atoms with E-state index in [1.807, 2.05) is 6.92 Å². The van der Waals surface area contributed by atoms with Crippen LogP contribution in [0, 0.1) is 18.3 Å². The molecule has 0 aliphatic rings. The first-order valence-corrected chi connectivity index (χ1v) is 4.81. The van der Waals surface area contributed by atoms with E-state index in [2.05, 4.69) is 11.1 Å². The van der Waals surface area contributed by atoms with Gasteiger partial charge in [0.05, 0.1) is 11.3 Å². The predicted molar refractivity (Wildman–Crippen MR) is 61.8 cm³/mol. The van der Waals surface area contributed by atoms with Crippen molar-refractivity contribution in [3.8, 4) is 23.1 Å². The fraction of sp³-hybridized carbons (Fsp3) is 0.0833. The number of anilines is 1. The van der Waals surface area contributed by atoms with Crippen LogP contribution < -0.4 is 5.73 Å². The molecule has 1 aromatic carbocycles. The Labute approximate surface area is 93.0 Å². The van der Waals surface area contributed by atoms with Crippen molar-refractivity contribution in [2.45, 2.75) is 6.92 Å². The number of nitrogens with two attached hydrogens (primary N) is 1. The summed E-state index contributed by atoms with van der Waals surface area (Å²) in [5, 5.41) is 18.1. The third kappa shape index (κ3) is 1.48. The zero-order chi connectivity index (χ0) is 11.7. The van der Waals surface area contributed by atoms with Crippen LogP contribution in [0.3, 0.4) is 0 Å². The molecule has 1 heterocycles. The van der Waals surface area contributed by atoms with Crippen molar-refractivity contribution in [1.82, 2.24) is 4.98 Å². The lowest BCUT2D eigenvalue weighted by atomic mass is 10.1. The summed E-state index contributed by atoms with van der Waals surface area (Å²) in [6.45, 7) is 1.84. The minimum atomic E-state index is 0.210. The van der Waals surface area contributed by atoms with E-state index in [-0.39, 0.29) is 5.75 Å². The lowest BCUT2D eigenvalue weighted by Gasteiger charge is -2.00. The van der Waals surface area contributed by atoms with Gasteiger partial charge in [-0.15, -0.1) is 0 Å². The molecular weight excluding hydrogens is 202 g/mol. The molecule has 16 heavy (non-hydrogen) atoms.